The third kappa shape index (κ3) is 4.91. The first-order valence-electron chi connectivity index (χ1n) is 8.97. The van der Waals surface area contributed by atoms with Crippen LogP contribution in [0, 0.1) is 19.7 Å². The topological polar surface area (TPSA) is 29.9 Å². The van der Waals surface area contributed by atoms with Crippen molar-refractivity contribution in [3.05, 3.63) is 77.1 Å². The number of nitrogens with zero attached hydrogens (tertiary/aromatic N) is 2. The largest absolute Gasteiger partial charge is 0.434 e. The van der Waals surface area contributed by atoms with Crippen molar-refractivity contribution in [2.45, 2.75) is 40.4 Å². The zero-order chi connectivity index (χ0) is 20.9. The van der Waals surface area contributed by atoms with Crippen molar-refractivity contribution in [2.24, 2.45) is 0 Å². The van der Waals surface area contributed by atoms with Crippen molar-refractivity contribution in [1.82, 2.24) is 9.55 Å². The Hall–Kier alpha value is -2.83. The molecule has 0 aliphatic heterocycles. The van der Waals surface area contributed by atoms with E-state index in [0.717, 1.165) is 17.4 Å². The Morgan fingerprint density at radius 3 is 2.18 bits per heavy atom. The fourth-order valence-electron chi connectivity index (χ4n) is 2.69. The van der Waals surface area contributed by atoms with Crippen LogP contribution in [0.2, 0.25) is 0 Å². The van der Waals surface area contributed by atoms with Crippen LogP contribution >= 0.6 is 0 Å². The zero-order valence-corrected chi connectivity index (χ0v) is 16.2. The van der Waals surface area contributed by atoms with Gasteiger partial charge in [0, 0.05) is 29.7 Å². The van der Waals surface area contributed by atoms with Crippen molar-refractivity contribution in [1.29, 1.82) is 0 Å². The summed E-state index contributed by atoms with van der Waals surface area (Å²) in [4.78, 5) is 3.56. The molecule has 7 heteroatoms. The number of anilines is 1. The van der Waals surface area contributed by atoms with Gasteiger partial charge in [-0.2, -0.15) is 13.2 Å². The number of alkyl halides is 3. The molecule has 150 valence electrons. The van der Waals surface area contributed by atoms with Crippen LogP contribution in [0.3, 0.4) is 0 Å². The van der Waals surface area contributed by atoms with Gasteiger partial charge in [-0.05, 0) is 49.7 Å². The van der Waals surface area contributed by atoms with Crippen LogP contribution in [-0.2, 0) is 12.7 Å². The number of rotatable bonds is 4. The predicted octanol–water partition coefficient (Wildman–Crippen LogP) is 6.29. The summed E-state index contributed by atoms with van der Waals surface area (Å²) in [6.07, 6.45) is -3.50. The molecule has 1 heterocycles. The zero-order valence-electron chi connectivity index (χ0n) is 16.2. The molecule has 0 aliphatic carbocycles. The minimum Gasteiger partial charge on any atom is -0.381 e. The van der Waals surface area contributed by atoms with Gasteiger partial charge in [0.25, 0.3) is 0 Å². The number of hydrogen-bond acceptors (Lipinski definition) is 2. The van der Waals surface area contributed by atoms with Crippen LogP contribution in [-0.4, -0.2) is 9.55 Å². The van der Waals surface area contributed by atoms with Gasteiger partial charge in [-0.3, -0.25) is 0 Å². The van der Waals surface area contributed by atoms with E-state index >= 15 is 0 Å². The first-order valence-corrected chi connectivity index (χ1v) is 8.97. The third-order valence-corrected chi connectivity index (χ3v) is 4.14. The maximum absolute atomic E-state index is 13.8. The normalized spacial score (nSPS) is 11.0. The number of aryl methyl sites for hydroxylation is 2. The molecule has 0 saturated carbocycles. The van der Waals surface area contributed by atoms with Gasteiger partial charge in [0.15, 0.2) is 5.69 Å². The van der Waals surface area contributed by atoms with E-state index in [1.807, 2.05) is 26.8 Å². The summed E-state index contributed by atoms with van der Waals surface area (Å²) < 4.78 is 53.5. The highest BCUT2D eigenvalue weighted by Crippen LogP contribution is 2.29. The molecule has 0 unspecified atom stereocenters. The van der Waals surface area contributed by atoms with Gasteiger partial charge in [-0.1, -0.05) is 26.0 Å². The second-order valence-electron chi connectivity index (χ2n) is 5.98. The molecule has 0 bridgehead atoms. The first-order chi connectivity index (χ1) is 13.3. The molecule has 0 radical (unpaired) electrons. The van der Waals surface area contributed by atoms with Crippen LogP contribution in [0.4, 0.5) is 23.2 Å². The predicted molar refractivity (Wildman–Crippen MR) is 103 cm³/mol. The minimum absolute atomic E-state index is 0.250. The van der Waals surface area contributed by atoms with Crippen molar-refractivity contribution < 1.29 is 17.6 Å². The molecule has 2 aromatic carbocycles. The molecule has 0 atom stereocenters. The van der Waals surface area contributed by atoms with Gasteiger partial charge < -0.3 is 9.88 Å². The van der Waals surface area contributed by atoms with E-state index in [0.29, 0.717) is 17.8 Å². The van der Waals surface area contributed by atoms with E-state index in [1.54, 1.807) is 30.3 Å². The number of nitrogens with one attached hydrogen (secondary N) is 1. The average Bonchev–Trinajstić information content (AvgIpc) is 3.06. The minimum atomic E-state index is -4.48. The standard InChI is InChI=1S/C19H17F4N3.C2H6/c1-12-4-3-5-17(20)16(12)10-24-14-6-8-15(9-7-14)26-11-18(19(21,22)23)25-13(26)2;1-2/h3-9,11,24H,10H2,1-2H3;1-2H3. The summed E-state index contributed by atoms with van der Waals surface area (Å²) in [7, 11) is 0. The molecular weight excluding hydrogens is 370 g/mol. The number of imidazole rings is 1. The lowest BCUT2D eigenvalue weighted by atomic mass is 10.1. The van der Waals surface area contributed by atoms with Crippen molar-refractivity contribution in [3.63, 3.8) is 0 Å². The van der Waals surface area contributed by atoms with Gasteiger partial charge in [0.1, 0.15) is 11.6 Å². The van der Waals surface area contributed by atoms with Gasteiger partial charge in [-0.25, -0.2) is 9.37 Å². The summed E-state index contributed by atoms with van der Waals surface area (Å²) in [5.41, 5.74) is 1.82. The molecule has 3 aromatic rings. The van der Waals surface area contributed by atoms with Gasteiger partial charge in [-0.15, -0.1) is 0 Å². The Bertz CT molecular complexity index is 892. The Balaban J connectivity index is 0.00000136. The molecule has 0 amide bonds. The van der Waals surface area contributed by atoms with Gasteiger partial charge in [0.05, 0.1) is 0 Å². The number of benzene rings is 2. The fraction of sp³-hybridized carbons (Fsp3) is 0.286. The number of hydrogen-bond donors (Lipinski definition) is 1. The van der Waals surface area contributed by atoms with E-state index in [4.69, 9.17) is 0 Å². The Kier molecular flexibility index (Phi) is 6.83. The lowest BCUT2D eigenvalue weighted by Gasteiger charge is -2.11. The molecule has 1 aromatic heterocycles. The highest BCUT2D eigenvalue weighted by molar-refractivity contribution is 5.50. The Morgan fingerprint density at radius 2 is 1.64 bits per heavy atom. The van der Waals surface area contributed by atoms with E-state index < -0.39 is 11.9 Å². The van der Waals surface area contributed by atoms with E-state index in [1.165, 1.54) is 17.6 Å². The summed E-state index contributed by atoms with van der Waals surface area (Å²) in [6, 6.07) is 11.7. The monoisotopic (exact) mass is 393 g/mol. The summed E-state index contributed by atoms with van der Waals surface area (Å²) >= 11 is 0. The molecule has 3 rings (SSSR count). The van der Waals surface area contributed by atoms with Crippen LogP contribution in [0.1, 0.15) is 36.5 Å². The molecule has 1 N–H and O–H groups in total. The Labute approximate surface area is 162 Å². The second kappa shape index (κ2) is 8.91. The van der Waals surface area contributed by atoms with E-state index in [9.17, 15) is 17.6 Å². The number of halogens is 4. The first kappa shape index (κ1) is 21.5. The molecule has 3 nitrogen and oxygen atoms in total. The van der Waals surface area contributed by atoms with Gasteiger partial charge >= 0.3 is 6.18 Å². The molecule has 28 heavy (non-hydrogen) atoms. The maximum Gasteiger partial charge on any atom is 0.434 e. The highest BCUT2D eigenvalue weighted by atomic mass is 19.4. The SMILES string of the molecule is CC.Cc1cccc(F)c1CNc1ccc(-n2cc(C(F)(F)F)nc2C)cc1. The van der Waals surface area contributed by atoms with Crippen molar-refractivity contribution in [3.8, 4) is 5.69 Å². The lowest BCUT2D eigenvalue weighted by molar-refractivity contribution is -0.141. The molecule has 0 fully saturated rings. The van der Waals surface area contributed by atoms with Crippen LogP contribution in [0.15, 0.2) is 48.7 Å². The van der Waals surface area contributed by atoms with E-state index in [2.05, 4.69) is 10.3 Å². The van der Waals surface area contributed by atoms with Crippen LogP contribution in [0.25, 0.3) is 5.69 Å². The highest BCUT2D eigenvalue weighted by Gasteiger charge is 2.34. The van der Waals surface area contributed by atoms with Gasteiger partial charge in [0.2, 0.25) is 0 Å². The number of aromatic nitrogens is 2. The smallest absolute Gasteiger partial charge is 0.381 e. The third-order valence-electron chi connectivity index (χ3n) is 4.14. The fourth-order valence-corrected chi connectivity index (χ4v) is 2.69. The van der Waals surface area contributed by atoms with E-state index in [-0.39, 0.29) is 11.6 Å². The molecular formula is C21H23F4N3. The Morgan fingerprint density at radius 1 is 1.00 bits per heavy atom. The van der Waals surface area contributed by atoms with Crippen LogP contribution in [0.5, 0.6) is 0 Å². The molecule has 0 saturated heterocycles. The molecule has 0 aliphatic rings. The summed E-state index contributed by atoms with van der Waals surface area (Å²) in [5, 5.41) is 3.12. The lowest BCUT2D eigenvalue weighted by Crippen LogP contribution is -2.05. The molecule has 0 spiro atoms. The summed E-state index contributed by atoms with van der Waals surface area (Å²) in [5.74, 6) is -0.0251. The quantitative estimate of drug-likeness (QED) is 0.528. The average molecular weight is 393 g/mol. The second-order valence-corrected chi connectivity index (χ2v) is 5.98. The summed E-state index contributed by atoms with van der Waals surface area (Å²) in [6.45, 7) is 7.67. The van der Waals surface area contributed by atoms with Crippen molar-refractivity contribution in [2.75, 3.05) is 5.32 Å². The maximum atomic E-state index is 13.8. The van der Waals surface area contributed by atoms with Crippen LogP contribution < -0.4 is 5.32 Å². The van der Waals surface area contributed by atoms with Crippen molar-refractivity contribution >= 4 is 5.69 Å².